The van der Waals surface area contributed by atoms with Crippen LogP contribution in [0.3, 0.4) is 0 Å². The van der Waals surface area contributed by atoms with Crippen LogP contribution in [0.4, 0.5) is 4.79 Å². The molecule has 0 aromatic carbocycles. The Hall–Kier alpha value is -1.45. The zero-order valence-corrected chi connectivity index (χ0v) is 17.4. The highest BCUT2D eigenvalue weighted by Crippen LogP contribution is 2.50. The molecule has 0 aromatic rings. The van der Waals surface area contributed by atoms with Gasteiger partial charge in [0.15, 0.2) is 0 Å². The van der Waals surface area contributed by atoms with E-state index in [9.17, 15) is 4.79 Å². The van der Waals surface area contributed by atoms with Crippen LogP contribution >= 0.6 is 7.92 Å². The molecule has 1 fully saturated rings. The maximum Gasteiger partial charge on any atom is 0.251 e. The second kappa shape index (κ2) is 8.49. The zero-order chi connectivity index (χ0) is 18.7. The third-order valence-electron chi connectivity index (χ3n) is 5.02. The topological polar surface area (TPSA) is 39.2 Å². The maximum atomic E-state index is 13.0. The lowest BCUT2D eigenvalue weighted by atomic mass is 10.2. The highest BCUT2D eigenvalue weighted by atomic mass is 31.1. The standard InChI is InChI=1S/C20H31N4OP/c1-5-6-10-24-15-26-19(14-23(20(26)25)12-11-22(3)4)21-17-13-16(2)8-7-9-18(17)24/h8-9,13H,5-7,10-12,14-15H2,1-4H3. The fourth-order valence-corrected chi connectivity index (χ4v) is 5.68. The molecule has 0 N–H and O–H groups in total. The van der Waals surface area contributed by atoms with E-state index in [0.717, 1.165) is 56.3 Å². The van der Waals surface area contributed by atoms with Gasteiger partial charge in [0, 0.05) is 19.6 Å². The quantitative estimate of drug-likeness (QED) is 0.659. The molecule has 5 nitrogen and oxygen atoms in total. The molecule has 1 unspecified atom stereocenters. The van der Waals surface area contributed by atoms with Gasteiger partial charge < -0.3 is 14.7 Å². The third-order valence-corrected chi connectivity index (χ3v) is 7.26. The Kier molecular flexibility index (Phi) is 6.31. The van der Waals surface area contributed by atoms with Crippen LogP contribution in [0.15, 0.2) is 40.2 Å². The van der Waals surface area contributed by atoms with Crippen molar-refractivity contribution in [3.63, 3.8) is 0 Å². The van der Waals surface area contributed by atoms with Gasteiger partial charge in [-0.2, -0.15) is 0 Å². The molecule has 142 valence electrons. The van der Waals surface area contributed by atoms with Gasteiger partial charge in [-0.3, -0.25) is 4.79 Å². The van der Waals surface area contributed by atoms with Crippen molar-refractivity contribution in [2.45, 2.75) is 33.1 Å². The van der Waals surface area contributed by atoms with Crippen LogP contribution in [-0.2, 0) is 0 Å². The van der Waals surface area contributed by atoms with Crippen molar-refractivity contribution in [2.24, 2.45) is 4.99 Å². The van der Waals surface area contributed by atoms with Crippen LogP contribution in [0, 0.1) is 0 Å². The summed E-state index contributed by atoms with van der Waals surface area (Å²) in [6.07, 6.45) is 10.8. The van der Waals surface area contributed by atoms with E-state index in [-0.39, 0.29) is 0 Å². The van der Waals surface area contributed by atoms with Gasteiger partial charge in [0.2, 0.25) is 0 Å². The number of aliphatic imine (C=N–C) groups is 1. The molecule has 0 saturated carbocycles. The van der Waals surface area contributed by atoms with E-state index >= 15 is 0 Å². The Bertz CT molecular complexity index is 677. The van der Waals surface area contributed by atoms with Gasteiger partial charge in [-0.1, -0.05) is 31.1 Å². The van der Waals surface area contributed by atoms with Crippen molar-refractivity contribution in [2.75, 3.05) is 46.6 Å². The molecule has 1 atom stereocenters. The summed E-state index contributed by atoms with van der Waals surface area (Å²) in [5, 5.41) is 0. The van der Waals surface area contributed by atoms with Gasteiger partial charge in [-0.25, -0.2) is 4.99 Å². The lowest BCUT2D eigenvalue weighted by Crippen LogP contribution is -2.33. The predicted octanol–water partition coefficient (Wildman–Crippen LogP) is 4.06. The number of nitrogens with zero attached hydrogens (tertiary/aromatic N) is 4. The number of rotatable bonds is 6. The summed E-state index contributed by atoms with van der Waals surface area (Å²) in [6.45, 7) is 7.76. The van der Waals surface area contributed by atoms with E-state index < -0.39 is 7.92 Å². The summed E-state index contributed by atoms with van der Waals surface area (Å²) < 4.78 is 0. The van der Waals surface area contributed by atoms with Gasteiger partial charge in [0.25, 0.3) is 5.65 Å². The van der Waals surface area contributed by atoms with Gasteiger partial charge in [-0.05, 0) is 39.9 Å². The van der Waals surface area contributed by atoms with Crippen molar-refractivity contribution < 1.29 is 4.79 Å². The minimum atomic E-state index is -0.850. The first kappa shape index (κ1) is 19.3. The monoisotopic (exact) mass is 374 g/mol. The van der Waals surface area contributed by atoms with E-state index in [1.54, 1.807) is 0 Å². The molecule has 26 heavy (non-hydrogen) atoms. The molecule has 0 spiro atoms. The Labute approximate surface area is 158 Å². The molecule has 2 heterocycles. The van der Waals surface area contributed by atoms with Gasteiger partial charge in [0.05, 0.1) is 37.6 Å². The normalized spacial score (nSPS) is 23.0. The molecule has 1 amide bonds. The number of amides is 1. The van der Waals surface area contributed by atoms with Gasteiger partial charge in [-0.15, -0.1) is 0 Å². The van der Waals surface area contributed by atoms with Crippen LogP contribution in [0.5, 0.6) is 0 Å². The first-order chi connectivity index (χ1) is 12.5. The van der Waals surface area contributed by atoms with Crippen LogP contribution in [0.25, 0.3) is 0 Å². The molecule has 1 saturated heterocycles. The van der Waals surface area contributed by atoms with Gasteiger partial charge in [0.1, 0.15) is 0 Å². The van der Waals surface area contributed by atoms with E-state index in [2.05, 4.69) is 56.0 Å². The molecule has 3 rings (SSSR count). The number of allylic oxidation sites excluding steroid dienone is 4. The number of carbonyl (C=O) groups is 1. The fourth-order valence-electron chi connectivity index (χ4n) is 3.45. The van der Waals surface area contributed by atoms with Crippen molar-refractivity contribution in [1.82, 2.24) is 14.7 Å². The lowest BCUT2D eigenvalue weighted by Gasteiger charge is -2.28. The average molecular weight is 374 g/mol. The number of hydrogen-bond donors (Lipinski definition) is 0. The van der Waals surface area contributed by atoms with E-state index in [1.807, 2.05) is 4.90 Å². The largest absolute Gasteiger partial charge is 0.365 e. The number of hydrogen-bond acceptors (Lipinski definition) is 4. The average Bonchev–Trinajstić information content (AvgIpc) is 2.73. The molecule has 3 aliphatic rings. The summed E-state index contributed by atoms with van der Waals surface area (Å²) in [5.74, 6) is 0. The molecule has 6 heteroatoms. The van der Waals surface area contributed by atoms with E-state index in [4.69, 9.17) is 4.99 Å². The van der Waals surface area contributed by atoms with Crippen LogP contribution < -0.4 is 0 Å². The van der Waals surface area contributed by atoms with Crippen molar-refractivity contribution in [3.05, 3.63) is 35.2 Å². The maximum absolute atomic E-state index is 13.0. The molecular weight excluding hydrogens is 343 g/mol. The molecule has 0 radical (unpaired) electrons. The second-order valence-electron chi connectivity index (χ2n) is 7.52. The molecule has 0 bridgehead atoms. The lowest BCUT2D eigenvalue weighted by molar-refractivity contribution is 0.225. The third kappa shape index (κ3) is 4.27. The molecule has 2 aliphatic heterocycles. The minimum Gasteiger partial charge on any atom is -0.365 e. The van der Waals surface area contributed by atoms with Crippen LogP contribution in [0.1, 0.15) is 33.1 Å². The van der Waals surface area contributed by atoms with Crippen LogP contribution in [-0.4, -0.2) is 72.4 Å². The predicted molar refractivity (Wildman–Crippen MR) is 111 cm³/mol. The Morgan fingerprint density at radius 1 is 1.23 bits per heavy atom. The van der Waals surface area contributed by atoms with E-state index in [0.29, 0.717) is 12.2 Å². The fraction of sp³-hybridized carbons (Fsp3) is 0.600. The smallest absolute Gasteiger partial charge is 0.251 e. The summed E-state index contributed by atoms with van der Waals surface area (Å²) in [4.78, 5) is 24.6. The van der Waals surface area contributed by atoms with Crippen molar-refractivity contribution in [1.29, 1.82) is 0 Å². The number of carbonyl (C=O) groups excluding carboxylic acids is 1. The molecular formula is C20H31N4OP. The summed E-state index contributed by atoms with van der Waals surface area (Å²) in [6, 6.07) is 0. The Morgan fingerprint density at radius 2 is 2.04 bits per heavy atom. The number of likely N-dealkylation sites (N-methyl/N-ethyl adjacent to an activating group) is 1. The van der Waals surface area contributed by atoms with E-state index in [1.165, 1.54) is 11.3 Å². The first-order valence-electron chi connectivity index (χ1n) is 9.62. The molecule has 0 aromatic heterocycles. The first-order valence-corrected chi connectivity index (χ1v) is 11.1. The molecule has 1 aliphatic carbocycles. The highest BCUT2D eigenvalue weighted by Gasteiger charge is 2.40. The Balaban J connectivity index is 1.90. The number of fused-ring (bicyclic) bond motifs is 2. The summed E-state index contributed by atoms with van der Waals surface area (Å²) in [5.41, 5.74) is 4.95. The SMILES string of the molecule is CCCCN1CP2C(=O)N(CCN(C)C)CC2=NC2=CC(C)=CCC=C21. The summed E-state index contributed by atoms with van der Waals surface area (Å²) in [7, 11) is 3.25. The minimum absolute atomic E-state index is 0.312. The summed E-state index contributed by atoms with van der Waals surface area (Å²) >= 11 is 0. The Morgan fingerprint density at radius 3 is 2.77 bits per heavy atom. The van der Waals surface area contributed by atoms with Crippen molar-refractivity contribution in [3.8, 4) is 0 Å². The van der Waals surface area contributed by atoms with Gasteiger partial charge >= 0.3 is 0 Å². The van der Waals surface area contributed by atoms with Crippen molar-refractivity contribution >= 4 is 19.0 Å². The van der Waals surface area contributed by atoms with Crippen LogP contribution in [0.2, 0.25) is 0 Å². The second-order valence-corrected chi connectivity index (χ2v) is 9.56. The highest BCUT2D eigenvalue weighted by molar-refractivity contribution is 7.90. The number of unbranched alkanes of at least 4 members (excludes halogenated alkanes) is 1. The zero-order valence-electron chi connectivity index (χ0n) is 16.5.